The van der Waals surface area contributed by atoms with Crippen LogP contribution in [-0.2, 0) is 4.79 Å². The minimum atomic E-state index is -0.339. The highest BCUT2D eigenvalue weighted by molar-refractivity contribution is 6.41. The Hall–Kier alpha value is -3.93. The second-order valence-electron chi connectivity index (χ2n) is 11.6. The number of carbonyl (C=O) groups excluding carboxylic acids is 1. The van der Waals surface area contributed by atoms with Crippen LogP contribution in [0.15, 0.2) is 61.6 Å². The third-order valence-electron chi connectivity index (χ3n) is 8.86. The normalized spacial score (nSPS) is 13.8. The molecule has 0 aliphatic carbocycles. The number of pyridine rings is 2. The largest absolute Gasteiger partial charge is 0.496 e. The molecule has 1 aliphatic heterocycles. The lowest BCUT2D eigenvalue weighted by atomic mass is 9.80. The first-order chi connectivity index (χ1) is 23.3. The van der Waals surface area contributed by atoms with Gasteiger partial charge < -0.3 is 30.2 Å². The fourth-order valence-electron chi connectivity index (χ4n) is 6.13. The highest BCUT2D eigenvalue weighted by Crippen LogP contribution is 2.48. The van der Waals surface area contributed by atoms with Gasteiger partial charge in [0.05, 0.1) is 54.0 Å². The van der Waals surface area contributed by atoms with Crippen LogP contribution in [0, 0.1) is 5.41 Å². The number of amides is 1. The predicted molar refractivity (Wildman–Crippen MR) is 201 cm³/mol. The molecule has 6 rings (SSSR count). The Morgan fingerprint density at radius 2 is 1.67 bits per heavy atom. The maximum absolute atomic E-state index is 12.6. The maximum atomic E-state index is 12.6. The quantitative estimate of drug-likeness (QED) is 0.0919. The first-order valence-electron chi connectivity index (χ1n) is 15.3. The number of rotatable bonds is 11. The van der Waals surface area contributed by atoms with Crippen LogP contribution in [0.3, 0.4) is 0 Å². The first kappa shape index (κ1) is 36.4. The molecule has 14 heteroatoms. The molecule has 1 aliphatic rings. The Morgan fingerprint density at radius 1 is 0.980 bits per heavy atom. The van der Waals surface area contributed by atoms with Crippen molar-refractivity contribution < 1.29 is 19.0 Å². The van der Waals surface area contributed by atoms with Crippen molar-refractivity contribution in [3.8, 4) is 39.6 Å². The topological polar surface area (TPSA) is 111 Å². The number of anilines is 2. The number of aromatic nitrogens is 3. The van der Waals surface area contributed by atoms with Gasteiger partial charge in [-0.3, -0.25) is 14.2 Å². The molecule has 10 nitrogen and oxygen atoms in total. The highest BCUT2D eigenvalue weighted by atomic mass is 35.5. The molecule has 1 amide bonds. The van der Waals surface area contributed by atoms with Crippen LogP contribution in [0.2, 0.25) is 10.0 Å². The highest BCUT2D eigenvalue weighted by Gasteiger charge is 2.31. The molecule has 3 N–H and O–H groups in total. The maximum Gasteiger partial charge on any atom is 0.247 e. The van der Waals surface area contributed by atoms with Gasteiger partial charge in [0.15, 0.2) is 0 Å². The van der Waals surface area contributed by atoms with Gasteiger partial charge in [-0.25, -0.2) is 4.98 Å². The van der Waals surface area contributed by atoms with E-state index in [1.807, 2.05) is 34.9 Å². The fraction of sp³-hybridized carbons (Fsp3) is 0.286. The van der Waals surface area contributed by atoms with E-state index in [1.54, 1.807) is 25.6 Å². The summed E-state index contributed by atoms with van der Waals surface area (Å²) in [5, 5.41) is 11.4. The summed E-state index contributed by atoms with van der Waals surface area (Å²) >= 11 is 20.1. The number of imidazole rings is 1. The van der Waals surface area contributed by atoms with Gasteiger partial charge in [-0.15, -0.1) is 24.0 Å². The minimum absolute atomic E-state index is 0. The predicted octanol–water partition coefficient (Wildman–Crippen LogP) is 8.12. The summed E-state index contributed by atoms with van der Waals surface area (Å²) in [6.07, 6.45) is 8.46. The van der Waals surface area contributed by atoms with E-state index >= 15 is 0 Å². The summed E-state index contributed by atoms with van der Waals surface area (Å²) in [4.78, 5) is 22.0. The lowest BCUT2D eigenvalue weighted by molar-refractivity contribution is -0.111. The number of nitrogens with zero attached hydrogens (tertiary/aromatic N) is 3. The minimum Gasteiger partial charge on any atom is -0.496 e. The third-order valence-corrected chi connectivity index (χ3v) is 10.2. The number of hydrogen-bond acceptors (Lipinski definition) is 8. The Bertz CT molecular complexity index is 2000. The average molecular weight is 747 g/mol. The van der Waals surface area contributed by atoms with Crippen molar-refractivity contribution in [3.63, 3.8) is 0 Å². The van der Waals surface area contributed by atoms with E-state index in [-0.39, 0.29) is 23.7 Å². The molecule has 4 heterocycles. The number of nitrogens with one attached hydrogen (secondary N) is 3. The molecule has 0 atom stereocenters. The van der Waals surface area contributed by atoms with E-state index < -0.39 is 0 Å². The van der Waals surface area contributed by atoms with Crippen molar-refractivity contribution in [2.24, 2.45) is 5.41 Å². The molecule has 258 valence electrons. The number of methoxy groups -OCH3 is 3. The molecule has 1 saturated heterocycles. The molecule has 0 spiro atoms. The summed E-state index contributed by atoms with van der Waals surface area (Å²) in [6, 6.07) is 9.26. The number of hydrogen-bond donors (Lipinski definition) is 3. The summed E-state index contributed by atoms with van der Waals surface area (Å²) in [7, 11) is 4.67. The monoisotopic (exact) mass is 744 g/mol. The van der Waals surface area contributed by atoms with Gasteiger partial charge in [0.25, 0.3) is 0 Å². The van der Waals surface area contributed by atoms with Gasteiger partial charge >= 0.3 is 0 Å². The van der Waals surface area contributed by atoms with Gasteiger partial charge in [-0.1, -0.05) is 29.8 Å². The molecule has 49 heavy (non-hydrogen) atoms. The smallest absolute Gasteiger partial charge is 0.247 e. The van der Waals surface area contributed by atoms with Crippen molar-refractivity contribution in [1.82, 2.24) is 19.7 Å². The van der Waals surface area contributed by atoms with Crippen LogP contribution in [0.25, 0.3) is 38.9 Å². The number of ether oxygens (including phenoxy) is 3. The van der Waals surface area contributed by atoms with Gasteiger partial charge in [0.1, 0.15) is 22.9 Å². The van der Waals surface area contributed by atoms with Gasteiger partial charge in [0.2, 0.25) is 5.91 Å². The molecule has 0 bridgehead atoms. The molecule has 1 fully saturated rings. The zero-order chi connectivity index (χ0) is 34.0. The van der Waals surface area contributed by atoms with Crippen LogP contribution in [0.5, 0.6) is 17.2 Å². The Labute approximate surface area is 305 Å². The molecular formula is C35H36Cl4N6O4. The van der Waals surface area contributed by atoms with Crippen LogP contribution < -0.4 is 30.2 Å². The number of piperidine rings is 1. The summed E-state index contributed by atoms with van der Waals surface area (Å²) in [6.45, 7) is 6.08. The molecule has 3 aromatic heterocycles. The molecule has 0 radical (unpaired) electrons. The molecule has 0 unspecified atom stereocenters. The van der Waals surface area contributed by atoms with Crippen molar-refractivity contribution in [2.45, 2.75) is 12.8 Å². The van der Waals surface area contributed by atoms with Crippen molar-refractivity contribution >= 4 is 81.0 Å². The number of benzene rings is 2. The number of halogens is 4. The van der Waals surface area contributed by atoms with Crippen LogP contribution in [0.4, 0.5) is 11.4 Å². The Balaban J connectivity index is 0.00000468. The first-order valence-corrected chi connectivity index (χ1v) is 16.6. The molecule has 5 aromatic rings. The van der Waals surface area contributed by atoms with Gasteiger partial charge in [0, 0.05) is 70.6 Å². The van der Waals surface area contributed by atoms with Crippen LogP contribution in [0.1, 0.15) is 12.8 Å². The van der Waals surface area contributed by atoms with Crippen molar-refractivity contribution in [3.05, 3.63) is 71.6 Å². The fourth-order valence-corrected chi connectivity index (χ4v) is 7.19. The molecule has 2 aromatic carbocycles. The van der Waals surface area contributed by atoms with E-state index in [9.17, 15) is 4.79 Å². The molecule has 0 saturated carbocycles. The SMILES string of the molecule is C=CC(=O)Nc1cc(-c2cc3c(cn2)cc(-c2c(Cl)c(OC)cc(OC)c2Cl)c2nccn23)c(OC)cc1NCC1(CCl)CCNCC1.Cl. The van der Waals surface area contributed by atoms with E-state index in [1.165, 1.54) is 20.3 Å². The van der Waals surface area contributed by atoms with E-state index in [2.05, 4.69) is 27.5 Å². The summed E-state index contributed by atoms with van der Waals surface area (Å²) < 4.78 is 18.8. The summed E-state index contributed by atoms with van der Waals surface area (Å²) in [5.41, 5.74) is 5.16. The third kappa shape index (κ3) is 6.93. The van der Waals surface area contributed by atoms with Crippen LogP contribution in [-0.4, -0.2) is 67.1 Å². The van der Waals surface area contributed by atoms with Gasteiger partial charge in [-0.2, -0.15) is 0 Å². The van der Waals surface area contributed by atoms with E-state index in [4.69, 9.17) is 54.0 Å². The van der Waals surface area contributed by atoms with Crippen LogP contribution >= 0.6 is 47.2 Å². The second-order valence-corrected chi connectivity index (χ2v) is 12.6. The molecular weight excluding hydrogens is 710 g/mol. The number of alkyl halides is 1. The average Bonchev–Trinajstić information content (AvgIpc) is 3.62. The van der Waals surface area contributed by atoms with E-state index in [0.29, 0.717) is 79.1 Å². The second kappa shape index (κ2) is 15.3. The number of fused-ring (bicyclic) bond motifs is 3. The standard InChI is InChI=1S/C35H35Cl3N6O4.ClH/c1-5-30(45)43-25-13-21(27(46-2)15-24(25)42-19-35(18-36)6-8-39-9-7-35)23-14-26-20(17-41-23)12-22(34-40-10-11-44(26)34)31-32(37)28(47-3)16-29(48-4)33(31)38;/h5,10-17,39,42H,1,6-9,18-19H2,2-4H3,(H,43,45);1H. The lowest BCUT2D eigenvalue weighted by Gasteiger charge is -2.36. The Kier molecular flexibility index (Phi) is 11.4. The Morgan fingerprint density at radius 3 is 2.31 bits per heavy atom. The zero-order valence-corrected chi connectivity index (χ0v) is 30.2. The summed E-state index contributed by atoms with van der Waals surface area (Å²) in [5.74, 6) is 1.61. The lowest BCUT2D eigenvalue weighted by Crippen LogP contribution is -2.42. The van der Waals surface area contributed by atoms with Crippen molar-refractivity contribution in [2.75, 3.05) is 57.5 Å². The van der Waals surface area contributed by atoms with Crippen molar-refractivity contribution in [1.29, 1.82) is 0 Å². The zero-order valence-electron chi connectivity index (χ0n) is 27.2. The van der Waals surface area contributed by atoms with Gasteiger partial charge in [-0.05, 0) is 50.2 Å². The number of carbonyl (C=O) groups is 1. The van der Waals surface area contributed by atoms with E-state index in [0.717, 1.165) is 36.8 Å².